The van der Waals surface area contributed by atoms with Gasteiger partial charge in [0.1, 0.15) is 12.2 Å². The Bertz CT molecular complexity index is 653. The van der Waals surface area contributed by atoms with Gasteiger partial charge in [-0.2, -0.15) is 0 Å². The minimum Gasteiger partial charge on any atom is -0.459 e. The molecule has 0 unspecified atom stereocenters. The first-order valence-electron chi connectivity index (χ1n) is 5.57. The molecule has 0 amide bonds. The van der Waals surface area contributed by atoms with Crippen molar-refractivity contribution in [2.75, 3.05) is 12.8 Å². The minimum atomic E-state index is -4.16. The van der Waals surface area contributed by atoms with E-state index in [1.807, 2.05) is 19.1 Å². The lowest BCUT2D eigenvalue weighted by Crippen LogP contribution is -2.08. The molecule has 6 nitrogen and oxygen atoms in total. The number of aryl methyl sites for hydroxylation is 1. The Hall–Kier alpha value is -1.62. The van der Waals surface area contributed by atoms with Crippen LogP contribution >= 0.6 is 7.60 Å². The summed E-state index contributed by atoms with van der Waals surface area (Å²) in [5, 5.41) is 0.771. The number of carbonyl (C=O) groups excluding carboxylic acids is 1. The number of fused-ring (bicyclic) bond motifs is 1. The molecule has 1 aromatic carbocycles. The number of benzene rings is 1. The Morgan fingerprint density at radius 3 is 2.79 bits per heavy atom. The highest BCUT2D eigenvalue weighted by Gasteiger charge is 2.17. The average molecular weight is 284 g/mol. The van der Waals surface area contributed by atoms with Crippen LogP contribution in [0.15, 0.2) is 28.7 Å². The number of rotatable bonds is 4. The fourth-order valence-corrected chi connectivity index (χ4v) is 1.90. The third-order valence-electron chi connectivity index (χ3n) is 2.49. The van der Waals surface area contributed by atoms with Crippen molar-refractivity contribution < 1.29 is 28.3 Å². The van der Waals surface area contributed by atoms with Gasteiger partial charge < -0.3 is 18.9 Å². The summed E-state index contributed by atoms with van der Waals surface area (Å²) in [5.74, 6) is -0.714. The van der Waals surface area contributed by atoms with Gasteiger partial charge in [-0.1, -0.05) is 12.1 Å². The monoisotopic (exact) mass is 284 g/mol. The molecule has 2 aromatic rings. The standard InChI is InChI=1S/C12H13O6P/c1-8-2-3-9-7-11(18-10(9)6-8)12(13)17-4-5-19(14,15)16/h2-3,6-7H,4-5H2,1H3,(H2,14,15,16). The first-order chi connectivity index (χ1) is 8.85. The van der Waals surface area contributed by atoms with Crippen molar-refractivity contribution in [3.63, 3.8) is 0 Å². The largest absolute Gasteiger partial charge is 0.459 e. The van der Waals surface area contributed by atoms with Crippen molar-refractivity contribution in [2.24, 2.45) is 0 Å². The second kappa shape index (κ2) is 5.17. The Morgan fingerprint density at radius 2 is 2.11 bits per heavy atom. The van der Waals surface area contributed by atoms with Crippen molar-refractivity contribution >= 4 is 24.5 Å². The summed E-state index contributed by atoms with van der Waals surface area (Å²) in [4.78, 5) is 28.9. The van der Waals surface area contributed by atoms with E-state index in [4.69, 9.17) is 18.9 Å². The van der Waals surface area contributed by atoms with Crippen LogP contribution in [0.3, 0.4) is 0 Å². The van der Waals surface area contributed by atoms with Crippen LogP contribution < -0.4 is 0 Å². The van der Waals surface area contributed by atoms with E-state index >= 15 is 0 Å². The molecule has 2 N–H and O–H groups in total. The van der Waals surface area contributed by atoms with Gasteiger partial charge in [0.15, 0.2) is 0 Å². The number of carbonyl (C=O) groups is 1. The molecule has 1 heterocycles. The molecular formula is C12H13O6P. The predicted octanol–water partition coefficient (Wildman–Crippen LogP) is 2.08. The molecular weight excluding hydrogens is 271 g/mol. The normalized spacial score (nSPS) is 11.7. The van der Waals surface area contributed by atoms with Crippen molar-refractivity contribution in [1.82, 2.24) is 0 Å². The molecule has 0 fully saturated rings. The molecule has 7 heteroatoms. The molecule has 0 saturated heterocycles. The molecule has 0 spiro atoms. The zero-order chi connectivity index (χ0) is 14.0. The van der Waals surface area contributed by atoms with E-state index in [2.05, 4.69) is 0 Å². The number of esters is 1. The summed E-state index contributed by atoms with van der Waals surface area (Å²) in [6.07, 6.45) is -0.502. The van der Waals surface area contributed by atoms with E-state index in [1.54, 1.807) is 6.07 Å². The van der Waals surface area contributed by atoms with E-state index in [0.717, 1.165) is 10.9 Å². The fourth-order valence-electron chi connectivity index (χ4n) is 1.57. The number of furan rings is 1. The quantitative estimate of drug-likeness (QED) is 0.659. The van der Waals surface area contributed by atoms with Gasteiger partial charge in [-0.25, -0.2) is 4.79 Å². The summed E-state index contributed by atoms with van der Waals surface area (Å²) in [6.45, 7) is 1.55. The minimum absolute atomic E-state index is 0.0197. The topological polar surface area (TPSA) is 97.0 Å². The molecule has 0 bridgehead atoms. The molecule has 19 heavy (non-hydrogen) atoms. The van der Waals surface area contributed by atoms with Crippen LogP contribution in [0, 0.1) is 6.92 Å². The predicted molar refractivity (Wildman–Crippen MR) is 68.1 cm³/mol. The molecule has 0 atom stereocenters. The van der Waals surface area contributed by atoms with Gasteiger partial charge in [-0.3, -0.25) is 4.57 Å². The molecule has 0 aliphatic carbocycles. The number of hydrogen-bond donors (Lipinski definition) is 2. The van der Waals surface area contributed by atoms with Crippen molar-refractivity contribution in [1.29, 1.82) is 0 Å². The Kier molecular flexibility index (Phi) is 3.75. The van der Waals surface area contributed by atoms with Crippen molar-refractivity contribution in [2.45, 2.75) is 6.92 Å². The van der Waals surface area contributed by atoms with E-state index in [0.29, 0.717) is 5.58 Å². The zero-order valence-electron chi connectivity index (χ0n) is 10.2. The van der Waals surface area contributed by atoms with Gasteiger partial charge in [0.2, 0.25) is 5.76 Å². The fraction of sp³-hybridized carbons (Fsp3) is 0.250. The van der Waals surface area contributed by atoms with Crippen LogP contribution in [0.1, 0.15) is 16.1 Å². The van der Waals surface area contributed by atoms with Crippen LogP contribution in [0.25, 0.3) is 11.0 Å². The Labute approximate surface area is 109 Å². The van der Waals surface area contributed by atoms with Crippen LogP contribution in [0.2, 0.25) is 0 Å². The Morgan fingerprint density at radius 1 is 1.37 bits per heavy atom. The molecule has 2 rings (SSSR count). The van der Waals surface area contributed by atoms with Crippen LogP contribution in [-0.2, 0) is 9.30 Å². The van der Waals surface area contributed by atoms with Gasteiger partial charge in [0.25, 0.3) is 0 Å². The first kappa shape index (κ1) is 13.8. The smallest absolute Gasteiger partial charge is 0.374 e. The molecule has 1 aromatic heterocycles. The SMILES string of the molecule is Cc1ccc2cc(C(=O)OCCP(=O)(O)O)oc2c1. The lowest BCUT2D eigenvalue weighted by Gasteiger charge is -2.03. The Balaban J connectivity index is 2.07. The third-order valence-corrected chi connectivity index (χ3v) is 3.26. The van der Waals surface area contributed by atoms with E-state index < -0.39 is 19.7 Å². The van der Waals surface area contributed by atoms with Crippen LogP contribution in [-0.4, -0.2) is 28.5 Å². The summed E-state index contributed by atoms with van der Waals surface area (Å²) in [6, 6.07) is 7.04. The van der Waals surface area contributed by atoms with Crippen LogP contribution in [0.5, 0.6) is 0 Å². The van der Waals surface area contributed by atoms with Gasteiger partial charge in [-0.15, -0.1) is 0 Å². The second-order valence-corrected chi connectivity index (χ2v) is 5.95. The zero-order valence-corrected chi connectivity index (χ0v) is 11.1. The highest BCUT2D eigenvalue weighted by Crippen LogP contribution is 2.33. The van der Waals surface area contributed by atoms with Crippen LogP contribution in [0.4, 0.5) is 0 Å². The van der Waals surface area contributed by atoms with Gasteiger partial charge in [0, 0.05) is 5.39 Å². The summed E-state index contributed by atoms with van der Waals surface area (Å²) in [7, 11) is -4.16. The lowest BCUT2D eigenvalue weighted by atomic mass is 10.2. The van der Waals surface area contributed by atoms with E-state index in [9.17, 15) is 9.36 Å². The molecule has 0 aliphatic rings. The highest BCUT2D eigenvalue weighted by atomic mass is 31.2. The second-order valence-electron chi connectivity index (χ2n) is 4.18. The first-order valence-corrected chi connectivity index (χ1v) is 7.37. The number of hydrogen-bond acceptors (Lipinski definition) is 4. The summed E-state index contributed by atoms with van der Waals surface area (Å²) < 4.78 is 20.7. The maximum absolute atomic E-state index is 11.6. The molecule has 0 aliphatic heterocycles. The summed E-state index contributed by atoms with van der Waals surface area (Å²) >= 11 is 0. The highest BCUT2D eigenvalue weighted by molar-refractivity contribution is 7.51. The summed E-state index contributed by atoms with van der Waals surface area (Å²) in [5.41, 5.74) is 1.57. The van der Waals surface area contributed by atoms with E-state index in [1.165, 1.54) is 6.07 Å². The molecule has 102 valence electrons. The van der Waals surface area contributed by atoms with E-state index in [-0.39, 0.29) is 12.4 Å². The van der Waals surface area contributed by atoms with Crippen molar-refractivity contribution in [3.8, 4) is 0 Å². The van der Waals surface area contributed by atoms with Gasteiger partial charge >= 0.3 is 13.6 Å². The third kappa shape index (κ3) is 3.67. The van der Waals surface area contributed by atoms with Gasteiger partial charge in [-0.05, 0) is 24.6 Å². The maximum Gasteiger partial charge on any atom is 0.374 e. The number of ether oxygens (including phenoxy) is 1. The van der Waals surface area contributed by atoms with Crippen molar-refractivity contribution in [3.05, 3.63) is 35.6 Å². The molecule has 0 radical (unpaired) electrons. The average Bonchev–Trinajstić information content (AvgIpc) is 2.70. The maximum atomic E-state index is 11.6. The van der Waals surface area contributed by atoms with Gasteiger partial charge in [0.05, 0.1) is 6.16 Å². The lowest BCUT2D eigenvalue weighted by molar-refractivity contribution is 0.0492. The molecule has 0 saturated carbocycles.